The first-order valence-corrected chi connectivity index (χ1v) is 8.34. The second-order valence-corrected chi connectivity index (χ2v) is 6.89. The van der Waals surface area contributed by atoms with E-state index in [4.69, 9.17) is 0 Å². The molecule has 0 atom stereocenters. The van der Waals surface area contributed by atoms with Gasteiger partial charge in [-0.3, -0.25) is 9.69 Å². The molecular formula is C16H13BrN2O2S. The van der Waals surface area contributed by atoms with Crippen molar-refractivity contribution in [2.45, 2.75) is 13.5 Å². The molecule has 4 nitrogen and oxygen atoms in total. The number of thiophene rings is 1. The molecule has 0 unspecified atom stereocenters. The summed E-state index contributed by atoms with van der Waals surface area (Å²) in [5, 5.41) is 4.56. The molecule has 0 spiro atoms. The predicted octanol–water partition coefficient (Wildman–Crippen LogP) is 3.91. The van der Waals surface area contributed by atoms with Crippen molar-refractivity contribution in [3.8, 4) is 0 Å². The van der Waals surface area contributed by atoms with Crippen LogP contribution in [0.4, 0.5) is 4.79 Å². The smallest absolute Gasteiger partial charge is 0.303 e. The molecule has 3 amide bonds. The molecule has 22 heavy (non-hydrogen) atoms. The van der Waals surface area contributed by atoms with Gasteiger partial charge in [0.15, 0.2) is 0 Å². The van der Waals surface area contributed by atoms with Crippen molar-refractivity contribution in [1.29, 1.82) is 0 Å². The monoisotopic (exact) mass is 376 g/mol. The fourth-order valence-corrected chi connectivity index (χ4v) is 3.51. The molecule has 0 saturated carbocycles. The van der Waals surface area contributed by atoms with Crippen molar-refractivity contribution < 1.29 is 9.59 Å². The number of benzene rings is 1. The molecule has 1 aromatic heterocycles. The van der Waals surface area contributed by atoms with Gasteiger partial charge in [0.2, 0.25) is 0 Å². The van der Waals surface area contributed by atoms with Gasteiger partial charge in [-0.15, -0.1) is 11.3 Å². The second-order valence-electron chi connectivity index (χ2n) is 5.03. The summed E-state index contributed by atoms with van der Waals surface area (Å²) in [6, 6.07) is 9.30. The Kier molecular flexibility index (Phi) is 4.13. The minimum atomic E-state index is -0.382. The van der Waals surface area contributed by atoms with E-state index in [0.29, 0.717) is 5.70 Å². The average molecular weight is 377 g/mol. The van der Waals surface area contributed by atoms with Crippen molar-refractivity contribution in [1.82, 2.24) is 10.2 Å². The molecule has 1 fully saturated rings. The normalized spacial score (nSPS) is 16.5. The molecule has 0 aliphatic carbocycles. The Hall–Kier alpha value is -1.92. The summed E-state index contributed by atoms with van der Waals surface area (Å²) in [5.74, 6) is -0.296. The number of urea groups is 1. The van der Waals surface area contributed by atoms with E-state index in [1.807, 2.05) is 42.6 Å². The molecule has 1 aliphatic rings. The molecule has 0 radical (unpaired) electrons. The average Bonchev–Trinajstić information content (AvgIpc) is 3.00. The fourth-order valence-electron chi connectivity index (χ4n) is 2.14. The first-order chi connectivity index (χ1) is 10.5. The molecule has 1 aromatic carbocycles. The van der Waals surface area contributed by atoms with E-state index in [1.165, 1.54) is 16.2 Å². The van der Waals surface area contributed by atoms with Crippen LogP contribution in [0.25, 0.3) is 6.08 Å². The Morgan fingerprint density at radius 1 is 1.27 bits per heavy atom. The first-order valence-electron chi connectivity index (χ1n) is 6.67. The molecule has 2 heterocycles. The molecule has 0 bridgehead atoms. The third-order valence-electron chi connectivity index (χ3n) is 3.30. The Balaban J connectivity index is 1.79. The van der Waals surface area contributed by atoms with Crippen LogP contribution in [-0.2, 0) is 11.3 Å². The van der Waals surface area contributed by atoms with Crippen LogP contribution in [-0.4, -0.2) is 16.8 Å². The zero-order valence-corrected chi connectivity index (χ0v) is 14.2. The number of carbonyl (C=O) groups is 2. The number of hydrogen-bond donors (Lipinski definition) is 1. The largest absolute Gasteiger partial charge is 0.329 e. The Morgan fingerprint density at radius 2 is 2.00 bits per heavy atom. The highest BCUT2D eigenvalue weighted by molar-refractivity contribution is 9.10. The molecule has 6 heteroatoms. The highest BCUT2D eigenvalue weighted by Gasteiger charge is 2.33. The maximum absolute atomic E-state index is 12.4. The lowest BCUT2D eigenvalue weighted by atomic mass is 10.1. The summed E-state index contributed by atoms with van der Waals surface area (Å²) in [6.45, 7) is 2.27. The van der Waals surface area contributed by atoms with E-state index in [-0.39, 0.29) is 18.5 Å². The van der Waals surface area contributed by atoms with Crippen LogP contribution in [0.2, 0.25) is 0 Å². The van der Waals surface area contributed by atoms with E-state index in [1.54, 1.807) is 6.08 Å². The molecule has 3 rings (SSSR count). The zero-order valence-electron chi connectivity index (χ0n) is 11.8. The Morgan fingerprint density at radius 3 is 2.64 bits per heavy atom. The van der Waals surface area contributed by atoms with E-state index in [2.05, 4.69) is 21.2 Å². The van der Waals surface area contributed by atoms with Gasteiger partial charge in [0.05, 0.1) is 6.54 Å². The van der Waals surface area contributed by atoms with Gasteiger partial charge in [0, 0.05) is 14.7 Å². The van der Waals surface area contributed by atoms with Crippen LogP contribution >= 0.6 is 27.3 Å². The number of amides is 3. The molecule has 112 valence electrons. The minimum absolute atomic E-state index is 0.274. The number of nitrogens with one attached hydrogen (secondary N) is 1. The third kappa shape index (κ3) is 3.13. The summed E-state index contributed by atoms with van der Waals surface area (Å²) in [5.41, 5.74) is 2.38. The second kappa shape index (κ2) is 6.06. The van der Waals surface area contributed by atoms with E-state index in [9.17, 15) is 9.59 Å². The van der Waals surface area contributed by atoms with Crippen LogP contribution in [0, 0.1) is 6.92 Å². The van der Waals surface area contributed by atoms with Gasteiger partial charge in [-0.1, -0.05) is 29.8 Å². The van der Waals surface area contributed by atoms with E-state index in [0.717, 1.165) is 20.5 Å². The van der Waals surface area contributed by atoms with Crippen molar-refractivity contribution in [2.24, 2.45) is 0 Å². The van der Waals surface area contributed by atoms with Crippen molar-refractivity contribution in [3.63, 3.8) is 0 Å². The lowest BCUT2D eigenvalue weighted by Crippen LogP contribution is -2.30. The number of halogens is 1. The summed E-state index contributed by atoms with van der Waals surface area (Å²) < 4.78 is 0.956. The molecule has 1 N–H and O–H groups in total. The standard InChI is InChI=1S/C16H13BrN2O2S/c1-10-2-4-11(5-3-10)8-19-15(20)14(18-16(19)21)7-13-6-12(17)9-22-13/h2-7,9H,8H2,1H3,(H,18,21)/b14-7-. The zero-order chi connectivity index (χ0) is 15.7. The van der Waals surface area contributed by atoms with Gasteiger partial charge >= 0.3 is 6.03 Å². The fraction of sp³-hybridized carbons (Fsp3) is 0.125. The minimum Gasteiger partial charge on any atom is -0.303 e. The molecular weight excluding hydrogens is 364 g/mol. The molecule has 1 saturated heterocycles. The van der Waals surface area contributed by atoms with Gasteiger partial charge in [-0.25, -0.2) is 4.79 Å². The van der Waals surface area contributed by atoms with E-state index < -0.39 is 0 Å². The van der Waals surface area contributed by atoms with Crippen LogP contribution in [0.3, 0.4) is 0 Å². The van der Waals surface area contributed by atoms with Crippen molar-refractivity contribution >= 4 is 45.3 Å². The number of aryl methyl sites for hydroxylation is 1. The topological polar surface area (TPSA) is 49.4 Å². The number of hydrogen-bond acceptors (Lipinski definition) is 3. The SMILES string of the molecule is Cc1ccc(CN2C(=O)N/C(=C\c3cc(Br)cs3)C2=O)cc1. The van der Waals surface area contributed by atoms with Gasteiger partial charge in [-0.2, -0.15) is 0 Å². The third-order valence-corrected chi connectivity index (χ3v) is 4.94. The molecule has 2 aromatic rings. The summed E-state index contributed by atoms with van der Waals surface area (Å²) in [4.78, 5) is 26.5. The Labute approximate surface area is 140 Å². The van der Waals surface area contributed by atoms with Crippen LogP contribution in [0.1, 0.15) is 16.0 Å². The maximum Gasteiger partial charge on any atom is 0.329 e. The van der Waals surface area contributed by atoms with Gasteiger partial charge in [0.1, 0.15) is 5.70 Å². The quantitative estimate of drug-likeness (QED) is 0.651. The molecule has 1 aliphatic heterocycles. The van der Waals surface area contributed by atoms with Gasteiger partial charge in [-0.05, 0) is 40.6 Å². The van der Waals surface area contributed by atoms with Crippen molar-refractivity contribution in [2.75, 3.05) is 0 Å². The number of imide groups is 1. The van der Waals surface area contributed by atoms with Crippen LogP contribution in [0.15, 0.2) is 45.9 Å². The summed E-state index contributed by atoms with van der Waals surface area (Å²) in [6.07, 6.45) is 1.70. The highest BCUT2D eigenvalue weighted by atomic mass is 79.9. The first kappa shape index (κ1) is 15.0. The van der Waals surface area contributed by atoms with Gasteiger partial charge < -0.3 is 5.32 Å². The van der Waals surface area contributed by atoms with Crippen LogP contribution < -0.4 is 5.32 Å². The van der Waals surface area contributed by atoms with Gasteiger partial charge in [0.25, 0.3) is 5.91 Å². The number of carbonyl (C=O) groups excluding carboxylic acids is 2. The summed E-state index contributed by atoms with van der Waals surface area (Å²) >= 11 is 4.87. The van der Waals surface area contributed by atoms with Crippen molar-refractivity contribution in [3.05, 3.63) is 61.9 Å². The summed E-state index contributed by atoms with van der Waals surface area (Å²) in [7, 11) is 0. The Bertz CT molecular complexity index is 765. The lowest BCUT2D eigenvalue weighted by molar-refractivity contribution is -0.123. The number of rotatable bonds is 3. The maximum atomic E-state index is 12.4. The van der Waals surface area contributed by atoms with Crippen LogP contribution in [0.5, 0.6) is 0 Å². The number of nitrogens with zero attached hydrogens (tertiary/aromatic N) is 1. The predicted molar refractivity (Wildman–Crippen MR) is 90.3 cm³/mol. The lowest BCUT2D eigenvalue weighted by Gasteiger charge is -2.11. The highest BCUT2D eigenvalue weighted by Crippen LogP contribution is 2.24. The van der Waals surface area contributed by atoms with E-state index >= 15 is 0 Å².